The number of fused-ring (bicyclic) bond motifs is 5. The molecule has 4 aliphatic rings. The smallest absolute Gasteiger partial charge is 0.160 e. The summed E-state index contributed by atoms with van der Waals surface area (Å²) >= 11 is 0. The SMILES string of the molecule is CC1CCC2C(CCC3C2CCC2(C)C(C(=O)C(C)N(N)/C=C\N)CCC32)C1. The van der Waals surface area contributed by atoms with Crippen molar-refractivity contribution in [1.29, 1.82) is 0 Å². The van der Waals surface area contributed by atoms with Crippen molar-refractivity contribution >= 4 is 5.78 Å². The number of nitrogens with zero attached hydrogens (tertiary/aromatic N) is 1. The Kier molecular flexibility index (Phi) is 5.54. The predicted octanol–water partition coefficient (Wildman–Crippen LogP) is 4.45. The lowest BCUT2D eigenvalue weighted by molar-refractivity contribution is -0.134. The van der Waals surface area contributed by atoms with Gasteiger partial charge in [-0.25, -0.2) is 5.84 Å². The number of carbonyl (C=O) groups is 1. The van der Waals surface area contributed by atoms with Crippen LogP contribution in [0.4, 0.5) is 0 Å². The lowest BCUT2D eigenvalue weighted by Crippen LogP contribution is -2.51. The quantitative estimate of drug-likeness (QED) is 0.552. The van der Waals surface area contributed by atoms with Crippen LogP contribution in [0.2, 0.25) is 0 Å². The van der Waals surface area contributed by atoms with Gasteiger partial charge in [-0.3, -0.25) is 4.79 Å². The minimum absolute atomic E-state index is 0.162. The van der Waals surface area contributed by atoms with E-state index in [1.54, 1.807) is 6.20 Å². The minimum atomic E-state index is -0.298. The van der Waals surface area contributed by atoms with Crippen LogP contribution in [-0.2, 0) is 4.79 Å². The van der Waals surface area contributed by atoms with E-state index in [2.05, 4.69) is 13.8 Å². The summed E-state index contributed by atoms with van der Waals surface area (Å²) in [6.45, 7) is 6.82. The molecule has 0 aromatic heterocycles. The number of ketones is 1. The molecule has 4 nitrogen and oxygen atoms in total. The van der Waals surface area contributed by atoms with Gasteiger partial charge in [0.2, 0.25) is 0 Å². The Hall–Kier alpha value is -1.03. The molecule has 0 aliphatic heterocycles. The summed E-state index contributed by atoms with van der Waals surface area (Å²) in [5.41, 5.74) is 5.65. The summed E-state index contributed by atoms with van der Waals surface area (Å²) in [7, 11) is 0. The van der Waals surface area contributed by atoms with E-state index in [1.807, 2.05) is 6.92 Å². The first-order valence-electron chi connectivity index (χ1n) is 11.8. The topological polar surface area (TPSA) is 72.3 Å². The van der Waals surface area contributed by atoms with Gasteiger partial charge in [0.25, 0.3) is 0 Å². The Labute approximate surface area is 171 Å². The Balaban J connectivity index is 1.50. The molecule has 4 saturated carbocycles. The lowest BCUT2D eigenvalue weighted by atomic mass is 9.49. The first-order chi connectivity index (χ1) is 13.4. The molecule has 4 rings (SSSR count). The van der Waals surface area contributed by atoms with Gasteiger partial charge in [0.15, 0.2) is 5.78 Å². The second-order valence-corrected chi connectivity index (χ2v) is 10.9. The molecule has 0 amide bonds. The van der Waals surface area contributed by atoms with Crippen LogP contribution >= 0.6 is 0 Å². The van der Waals surface area contributed by atoms with E-state index in [-0.39, 0.29) is 17.4 Å². The Morgan fingerprint density at radius 1 is 1.07 bits per heavy atom. The van der Waals surface area contributed by atoms with Gasteiger partial charge in [-0.2, -0.15) is 0 Å². The van der Waals surface area contributed by atoms with Gasteiger partial charge in [-0.15, -0.1) is 0 Å². The van der Waals surface area contributed by atoms with Crippen LogP contribution in [0.3, 0.4) is 0 Å². The van der Waals surface area contributed by atoms with E-state index in [1.165, 1.54) is 62.6 Å². The molecule has 0 aromatic rings. The molecule has 0 radical (unpaired) electrons. The average molecular weight is 388 g/mol. The first kappa shape index (κ1) is 20.3. The molecule has 158 valence electrons. The largest absolute Gasteiger partial charge is 0.403 e. The van der Waals surface area contributed by atoms with E-state index in [9.17, 15) is 4.79 Å². The molecule has 4 N–H and O–H groups in total. The zero-order valence-electron chi connectivity index (χ0n) is 18.1. The highest BCUT2D eigenvalue weighted by atomic mass is 16.1. The molecule has 4 heteroatoms. The standard InChI is InChI=1S/C24H41N3O/c1-15-4-6-18-17(14-15)5-7-20-19(18)10-11-24(3)21(20)8-9-22(24)23(28)16(2)27(26)13-12-25/h12-13,15-22H,4-11,14,25-26H2,1-3H3/b13-12-. The van der Waals surface area contributed by atoms with Gasteiger partial charge in [0.05, 0.1) is 0 Å². The molecule has 28 heavy (non-hydrogen) atoms. The number of rotatable bonds is 4. The highest BCUT2D eigenvalue weighted by Crippen LogP contribution is 2.64. The normalized spacial score (nSPS) is 46.5. The first-order valence-corrected chi connectivity index (χ1v) is 11.8. The number of hydrazine groups is 1. The second-order valence-electron chi connectivity index (χ2n) is 10.9. The molecular formula is C24H41N3O. The van der Waals surface area contributed by atoms with E-state index >= 15 is 0 Å². The van der Waals surface area contributed by atoms with Crippen LogP contribution in [0.15, 0.2) is 12.4 Å². The van der Waals surface area contributed by atoms with Crippen molar-refractivity contribution in [2.24, 2.45) is 58.4 Å². The summed E-state index contributed by atoms with van der Waals surface area (Å²) in [6.07, 6.45) is 15.1. The number of hydrogen-bond donors (Lipinski definition) is 2. The number of Topliss-reactive ketones (excluding diaryl/α,β-unsaturated/α-hetero) is 1. The van der Waals surface area contributed by atoms with Gasteiger partial charge >= 0.3 is 0 Å². The number of hydrogen-bond acceptors (Lipinski definition) is 4. The van der Waals surface area contributed by atoms with E-state index in [0.717, 1.165) is 41.9 Å². The lowest BCUT2D eigenvalue weighted by Gasteiger charge is -2.56. The average Bonchev–Trinajstić information content (AvgIpc) is 3.03. The third-order valence-corrected chi connectivity index (χ3v) is 9.68. The van der Waals surface area contributed by atoms with E-state index in [4.69, 9.17) is 11.6 Å². The Morgan fingerprint density at radius 3 is 2.57 bits per heavy atom. The summed E-state index contributed by atoms with van der Waals surface area (Å²) in [6, 6.07) is -0.298. The van der Waals surface area contributed by atoms with Crippen molar-refractivity contribution in [1.82, 2.24) is 5.01 Å². The maximum Gasteiger partial charge on any atom is 0.160 e. The predicted molar refractivity (Wildman–Crippen MR) is 114 cm³/mol. The highest BCUT2D eigenvalue weighted by Gasteiger charge is 2.58. The monoisotopic (exact) mass is 387 g/mol. The molecule has 0 spiro atoms. The zero-order chi connectivity index (χ0) is 20.1. The van der Waals surface area contributed by atoms with Crippen molar-refractivity contribution in [3.8, 4) is 0 Å². The van der Waals surface area contributed by atoms with Gasteiger partial charge < -0.3 is 10.7 Å². The van der Waals surface area contributed by atoms with Gasteiger partial charge in [-0.05, 0) is 99.2 Å². The summed E-state index contributed by atoms with van der Waals surface area (Å²) in [5, 5.41) is 1.49. The maximum absolute atomic E-state index is 13.3. The number of carbonyl (C=O) groups excluding carboxylic acids is 1. The van der Waals surface area contributed by atoms with Crippen molar-refractivity contribution < 1.29 is 4.79 Å². The molecule has 0 bridgehead atoms. The van der Waals surface area contributed by atoms with Crippen molar-refractivity contribution in [3.63, 3.8) is 0 Å². The zero-order valence-corrected chi connectivity index (χ0v) is 18.1. The fraction of sp³-hybridized carbons (Fsp3) is 0.875. The minimum Gasteiger partial charge on any atom is -0.403 e. The third kappa shape index (κ3) is 3.20. The highest BCUT2D eigenvalue weighted by molar-refractivity contribution is 5.87. The molecule has 0 saturated heterocycles. The fourth-order valence-electron chi connectivity index (χ4n) is 8.22. The van der Waals surface area contributed by atoms with Crippen molar-refractivity contribution in [3.05, 3.63) is 12.4 Å². The Morgan fingerprint density at radius 2 is 1.82 bits per heavy atom. The van der Waals surface area contributed by atoms with Crippen LogP contribution in [0.25, 0.3) is 0 Å². The van der Waals surface area contributed by atoms with E-state index < -0.39 is 0 Å². The van der Waals surface area contributed by atoms with Gasteiger partial charge in [0.1, 0.15) is 6.04 Å². The molecule has 4 fully saturated rings. The molecule has 9 atom stereocenters. The second kappa shape index (κ2) is 7.66. The summed E-state index contributed by atoms with van der Waals surface area (Å²) < 4.78 is 0. The molecule has 9 unspecified atom stereocenters. The summed E-state index contributed by atoms with van der Waals surface area (Å²) in [4.78, 5) is 13.3. The van der Waals surface area contributed by atoms with Gasteiger partial charge in [0, 0.05) is 18.3 Å². The van der Waals surface area contributed by atoms with Crippen molar-refractivity contribution in [2.45, 2.75) is 84.6 Å². The van der Waals surface area contributed by atoms with Crippen LogP contribution in [0, 0.1) is 46.8 Å². The number of nitrogens with two attached hydrogens (primary N) is 2. The maximum atomic E-state index is 13.3. The molecular weight excluding hydrogens is 346 g/mol. The van der Waals surface area contributed by atoms with Gasteiger partial charge in [-0.1, -0.05) is 20.3 Å². The van der Waals surface area contributed by atoms with Crippen LogP contribution in [0.1, 0.15) is 78.6 Å². The van der Waals surface area contributed by atoms with Crippen LogP contribution in [-0.4, -0.2) is 16.8 Å². The van der Waals surface area contributed by atoms with Crippen molar-refractivity contribution in [2.75, 3.05) is 0 Å². The molecule has 4 aliphatic carbocycles. The molecule has 0 heterocycles. The van der Waals surface area contributed by atoms with Crippen LogP contribution < -0.4 is 11.6 Å². The third-order valence-electron chi connectivity index (χ3n) is 9.68. The summed E-state index contributed by atoms with van der Waals surface area (Å²) in [5.74, 6) is 12.0. The Bertz CT molecular complexity index is 619. The molecule has 0 aromatic carbocycles. The van der Waals surface area contributed by atoms with Crippen LogP contribution in [0.5, 0.6) is 0 Å². The fourth-order valence-corrected chi connectivity index (χ4v) is 8.22. The van der Waals surface area contributed by atoms with E-state index in [0.29, 0.717) is 5.78 Å².